The zero-order valence-corrected chi connectivity index (χ0v) is 14.3. The molecular weight excluding hydrogens is 320 g/mol. The number of ether oxygens (including phenoxy) is 1. The summed E-state index contributed by atoms with van der Waals surface area (Å²) in [7, 11) is 0. The van der Waals surface area contributed by atoms with Gasteiger partial charge in [0.2, 0.25) is 0 Å². The van der Waals surface area contributed by atoms with Gasteiger partial charge in [-0.2, -0.15) is 0 Å². The van der Waals surface area contributed by atoms with Crippen LogP contribution in [0, 0.1) is 6.92 Å². The SMILES string of the molecule is CC(=O)c1ccc(NC(=O)C(C)OC(=O)c2ccc(C)c(N)c2)cc1. The van der Waals surface area contributed by atoms with E-state index in [0.29, 0.717) is 16.9 Å². The Labute approximate surface area is 146 Å². The van der Waals surface area contributed by atoms with Crippen LogP contribution in [0.5, 0.6) is 0 Å². The average Bonchev–Trinajstić information content (AvgIpc) is 2.57. The van der Waals surface area contributed by atoms with Gasteiger partial charge in [-0.05, 0) is 62.7 Å². The summed E-state index contributed by atoms with van der Waals surface area (Å²) in [5, 5.41) is 2.63. The molecule has 0 radical (unpaired) electrons. The molecule has 1 amide bonds. The molecule has 0 spiro atoms. The minimum atomic E-state index is -0.984. The van der Waals surface area contributed by atoms with Gasteiger partial charge >= 0.3 is 5.97 Å². The smallest absolute Gasteiger partial charge is 0.338 e. The highest BCUT2D eigenvalue weighted by Gasteiger charge is 2.19. The number of ketones is 1. The van der Waals surface area contributed by atoms with E-state index in [1.54, 1.807) is 36.4 Å². The van der Waals surface area contributed by atoms with Crippen molar-refractivity contribution in [2.24, 2.45) is 0 Å². The Morgan fingerprint density at radius 1 is 1.04 bits per heavy atom. The highest BCUT2D eigenvalue weighted by atomic mass is 16.5. The van der Waals surface area contributed by atoms with Crippen LogP contribution in [-0.4, -0.2) is 23.8 Å². The quantitative estimate of drug-likeness (QED) is 0.495. The van der Waals surface area contributed by atoms with Crippen LogP contribution in [0.25, 0.3) is 0 Å². The van der Waals surface area contributed by atoms with Crippen molar-refractivity contribution >= 4 is 29.0 Å². The number of aryl methyl sites for hydroxylation is 1. The molecule has 2 aromatic carbocycles. The molecule has 0 aliphatic rings. The number of carbonyl (C=O) groups excluding carboxylic acids is 3. The number of nitrogens with two attached hydrogens (primary N) is 1. The second-order valence-corrected chi connectivity index (χ2v) is 5.74. The van der Waals surface area contributed by atoms with Crippen molar-refractivity contribution in [3.05, 3.63) is 59.2 Å². The van der Waals surface area contributed by atoms with Crippen molar-refractivity contribution in [1.82, 2.24) is 0 Å². The van der Waals surface area contributed by atoms with Gasteiger partial charge in [-0.1, -0.05) is 6.07 Å². The van der Waals surface area contributed by atoms with E-state index in [9.17, 15) is 14.4 Å². The van der Waals surface area contributed by atoms with Gasteiger partial charge in [-0.15, -0.1) is 0 Å². The summed E-state index contributed by atoms with van der Waals surface area (Å²) in [6.07, 6.45) is -0.984. The molecule has 0 heterocycles. The number of carbonyl (C=O) groups is 3. The largest absolute Gasteiger partial charge is 0.449 e. The highest BCUT2D eigenvalue weighted by Crippen LogP contribution is 2.15. The number of nitrogen functional groups attached to an aromatic ring is 1. The molecule has 0 saturated heterocycles. The molecule has 0 fully saturated rings. The van der Waals surface area contributed by atoms with Gasteiger partial charge in [0, 0.05) is 16.9 Å². The van der Waals surface area contributed by atoms with E-state index in [1.165, 1.54) is 19.9 Å². The fourth-order valence-electron chi connectivity index (χ4n) is 2.08. The number of nitrogens with one attached hydrogen (secondary N) is 1. The third kappa shape index (κ3) is 4.67. The third-order valence-corrected chi connectivity index (χ3v) is 3.73. The van der Waals surface area contributed by atoms with Crippen molar-refractivity contribution in [3.8, 4) is 0 Å². The normalized spacial score (nSPS) is 11.5. The maximum absolute atomic E-state index is 12.1. The van der Waals surface area contributed by atoms with Crippen LogP contribution in [0.1, 0.15) is 40.1 Å². The summed E-state index contributed by atoms with van der Waals surface area (Å²) < 4.78 is 5.17. The van der Waals surface area contributed by atoms with Gasteiger partial charge in [0.05, 0.1) is 5.56 Å². The monoisotopic (exact) mass is 340 g/mol. The summed E-state index contributed by atoms with van der Waals surface area (Å²) in [5.74, 6) is -1.15. The van der Waals surface area contributed by atoms with Crippen LogP contribution in [0.4, 0.5) is 11.4 Å². The molecule has 1 atom stereocenters. The minimum Gasteiger partial charge on any atom is -0.449 e. The van der Waals surface area contributed by atoms with Gasteiger partial charge in [0.25, 0.3) is 5.91 Å². The zero-order chi connectivity index (χ0) is 18.6. The number of anilines is 2. The lowest BCUT2D eigenvalue weighted by molar-refractivity contribution is -0.123. The lowest BCUT2D eigenvalue weighted by Crippen LogP contribution is -2.30. The second-order valence-electron chi connectivity index (χ2n) is 5.74. The second kappa shape index (κ2) is 7.61. The molecular formula is C19H20N2O4. The average molecular weight is 340 g/mol. The number of benzene rings is 2. The summed E-state index contributed by atoms with van der Waals surface area (Å²) in [6, 6.07) is 11.3. The van der Waals surface area contributed by atoms with Gasteiger partial charge in [-0.25, -0.2) is 4.79 Å². The van der Waals surface area contributed by atoms with Gasteiger partial charge in [0.15, 0.2) is 11.9 Å². The van der Waals surface area contributed by atoms with Crippen molar-refractivity contribution in [2.75, 3.05) is 11.1 Å². The number of hydrogen-bond donors (Lipinski definition) is 2. The number of amides is 1. The Bertz CT molecular complexity index is 813. The predicted molar refractivity (Wildman–Crippen MR) is 95.5 cm³/mol. The van der Waals surface area contributed by atoms with E-state index in [-0.39, 0.29) is 11.3 Å². The lowest BCUT2D eigenvalue weighted by atomic mass is 10.1. The Morgan fingerprint density at radius 3 is 2.20 bits per heavy atom. The molecule has 0 aliphatic carbocycles. The molecule has 6 nitrogen and oxygen atoms in total. The van der Waals surface area contributed by atoms with E-state index in [4.69, 9.17) is 10.5 Å². The fourth-order valence-corrected chi connectivity index (χ4v) is 2.08. The topological polar surface area (TPSA) is 98.5 Å². The first-order valence-electron chi connectivity index (χ1n) is 7.77. The van der Waals surface area contributed by atoms with Crippen LogP contribution in [0.2, 0.25) is 0 Å². The van der Waals surface area contributed by atoms with Crippen molar-refractivity contribution in [1.29, 1.82) is 0 Å². The molecule has 3 N–H and O–H groups in total. The molecule has 1 unspecified atom stereocenters. The van der Waals surface area contributed by atoms with E-state index in [2.05, 4.69) is 5.32 Å². The first kappa shape index (κ1) is 18.2. The van der Waals surface area contributed by atoms with E-state index >= 15 is 0 Å². The van der Waals surface area contributed by atoms with E-state index in [1.807, 2.05) is 6.92 Å². The van der Waals surface area contributed by atoms with Crippen LogP contribution in [0.15, 0.2) is 42.5 Å². The molecule has 2 rings (SSSR count). The molecule has 0 bridgehead atoms. The van der Waals surface area contributed by atoms with Crippen LogP contribution in [-0.2, 0) is 9.53 Å². The van der Waals surface area contributed by atoms with Gasteiger partial charge < -0.3 is 15.8 Å². The summed E-state index contributed by atoms with van der Waals surface area (Å²) in [4.78, 5) is 35.5. The molecule has 130 valence electrons. The molecule has 0 saturated carbocycles. The number of Topliss-reactive ketones (excluding diaryl/α,β-unsaturated/α-hetero) is 1. The molecule has 0 aromatic heterocycles. The fraction of sp³-hybridized carbons (Fsp3) is 0.211. The molecule has 6 heteroatoms. The molecule has 2 aromatic rings. The van der Waals surface area contributed by atoms with Crippen LogP contribution in [0.3, 0.4) is 0 Å². The Morgan fingerprint density at radius 2 is 1.64 bits per heavy atom. The van der Waals surface area contributed by atoms with E-state index in [0.717, 1.165) is 5.56 Å². The van der Waals surface area contributed by atoms with E-state index < -0.39 is 18.0 Å². The Balaban J connectivity index is 1.98. The standard InChI is InChI=1S/C19H20N2O4/c1-11-4-5-15(10-17(11)20)19(24)25-13(3)18(23)21-16-8-6-14(7-9-16)12(2)22/h4-10,13H,20H2,1-3H3,(H,21,23). The number of rotatable bonds is 5. The molecule has 25 heavy (non-hydrogen) atoms. The number of esters is 1. The maximum Gasteiger partial charge on any atom is 0.338 e. The van der Waals surface area contributed by atoms with Crippen molar-refractivity contribution in [2.45, 2.75) is 26.9 Å². The van der Waals surface area contributed by atoms with Crippen LogP contribution < -0.4 is 11.1 Å². The Kier molecular flexibility index (Phi) is 5.54. The first-order valence-corrected chi connectivity index (χ1v) is 7.77. The first-order chi connectivity index (χ1) is 11.8. The minimum absolute atomic E-state index is 0.0578. The number of hydrogen-bond acceptors (Lipinski definition) is 5. The lowest BCUT2D eigenvalue weighted by Gasteiger charge is -2.14. The highest BCUT2D eigenvalue weighted by molar-refractivity contribution is 5.98. The Hall–Kier alpha value is -3.15. The van der Waals surface area contributed by atoms with Crippen LogP contribution >= 0.6 is 0 Å². The predicted octanol–water partition coefficient (Wildman–Crippen LogP) is 2.96. The molecule has 0 aliphatic heterocycles. The van der Waals surface area contributed by atoms with Gasteiger partial charge in [0.1, 0.15) is 0 Å². The van der Waals surface area contributed by atoms with Crippen molar-refractivity contribution in [3.63, 3.8) is 0 Å². The maximum atomic E-state index is 12.1. The van der Waals surface area contributed by atoms with Gasteiger partial charge in [-0.3, -0.25) is 9.59 Å². The summed E-state index contributed by atoms with van der Waals surface area (Å²) in [5.41, 5.74) is 8.46. The van der Waals surface area contributed by atoms with Crippen molar-refractivity contribution < 1.29 is 19.1 Å². The third-order valence-electron chi connectivity index (χ3n) is 3.73. The summed E-state index contributed by atoms with van der Waals surface area (Å²) >= 11 is 0. The summed E-state index contributed by atoms with van der Waals surface area (Å²) in [6.45, 7) is 4.78. The zero-order valence-electron chi connectivity index (χ0n) is 14.3.